The van der Waals surface area contributed by atoms with Crippen molar-refractivity contribution < 1.29 is 5.11 Å². The first-order valence-electron chi connectivity index (χ1n) is 3.41. The van der Waals surface area contributed by atoms with Crippen LogP contribution < -0.4 is 0 Å². The SMILES string of the molecule is Cc1ccsc1C[C@H](C)O. The van der Waals surface area contributed by atoms with E-state index in [0.29, 0.717) is 0 Å². The summed E-state index contributed by atoms with van der Waals surface area (Å²) in [4.78, 5) is 1.30. The molecule has 0 unspecified atom stereocenters. The van der Waals surface area contributed by atoms with Crippen molar-refractivity contribution in [1.29, 1.82) is 0 Å². The van der Waals surface area contributed by atoms with E-state index in [-0.39, 0.29) is 6.10 Å². The van der Waals surface area contributed by atoms with Crippen molar-refractivity contribution in [3.63, 3.8) is 0 Å². The molecule has 0 aromatic carbocycles. The van der Waals surface area contributed by atoms with Crippen LogP contribution in [0, 0.1) is 6.92 Å². The lowest BCUT2D eigenvalue weighted by atomic mass is 10.2. The van der Waals surface area contributed by atoms with Crippen molar-refractivity contribution in [3.8, 4) is 0 Å². The summed E-state index contributed by atoms with van der Waals surface area (Å²) < 4.78 is 0. The highest BCUT2D eigenvalue weighted by Crippen LogP contribution is 2.16. The van der Waals surface area contributed by atoms with Crippen LogP contribution in [0.3, 0.4) is 0 Å². The van der Waals surface area contributed by atoms with Gasteiger partial charge in [-0.1, -0.05) is 0 Å². The molecule has 0 amide bonds. The summed E-state index contributed by atoms with van der Waals surface area (Å²) in [6, 6.07) is 2.09. The first-order valence-corrected chi connectivity index (χ1v) is 4.29. The fourth-order valence-corrected chi connectivity index (χ4v) is 1.91. The van der Waals surface area contributed by atoms with E-state index in [0.717, 1.165) is 6.42 Å². The minimum absolute atomic E-state index is 0.211. The van der Waals surface area contributed by atoms with E-state index in [2.05, 4.69) is 18.4 Å². The topological polar surface area (TPSA) is 20.2 Å². The van der Waals surface area contributed by atoms with Gasteiger partial charge in [-0.25, -0.2) is 0 Å². The standard InChI is InChI=1S/C8H12OS/c1-6-3-4-10-8(6)5-7(2)9/h3-4,7,9H,5H2,1-2H3/t7-/m0/s1. The molecule has 1 aromatic heterocycles. The molecule has 1 nitrogen and oxygen atoms in total. The zero-order valence-electron chi connectivity index (χ0n) is 6.29. The fourth-order valence-electron chi connectivity index (χ4n) is 0.882. The second kappa shape index (κ2) is 3.17. The minimum Gasteiger partial charge on any atom is -0.393 e. The molecule has 1 rings (SSSR count). The molecular weight excluding hydrogens is 144 g/mol. The van der Waals surface area contributed by atoms with E-state index in [1.807, 2.05) is 6.92 Å². The summed E-state index contributed by atoms with van der Waals surface area (Å²) in [6.07, 6.45) is 0.584. The van der Waals surface area contributed by atoms with Gasteiger partial charge in [0.15, 0.2) is 0 Å². The molecule has 0 bridgehead atoms. The summed E-state index contributed by atoms with van der Waals surface area (Å²) in [5, 5.41) is 11.1. The van der Waals surface area contributed by atoms with Gasteiger partial charge >= 0.3 is 0 Å². The predicted octanol–water partition coefficient (Wildman–Crippen LogP) is 1.98. The Labute approximate surface area is 65.3 Å². The summed E-state index contributed by atoms with van der Waals surface area (Å²) >= 11 is 1.72. The largest absolute Gasteiger partial charge is 0.393 e. The smallest absolute Gasteiger partial charge is 0.0560 e. The van der Waals surface area contributed by atoms with Gasteiger partial charge in [-0.05, 0) is 30.9 Å². The molecule has 0 saturated heterocycles. The maximum absolute atomic E-state index is 9.06. The highest BCUT2D eigenvalue weighted by Gasteiger charge is 2.02. The number of rotatable bonds is 2. The van der Waals surface area contributed by atoms with Gasteiger partial charge in [-0.3, -0.25) is 0 Å². The number of aliphatic hydroxyl groups is 1. The van der Waals surface area contributed by atoms with Crippen molar-refractivity contribution in [1.82, 2.24) is 0 Å². The number of hydrogen-bond acceptors (Lipinski definition) is 2. The van der Waals surface area contributed by atoms with Crippen molar-refractivity contribution in [2.24, 2.45) is 0 Å². The van der Waals surface area contributed by atoms with Crippen LogP contribution >= 0.6 is 11.3 Å². The van der Waals surface area contributed by atoms with E-state index in [9.17, 15) is 0 Å². The van der Waals surface area contributed by atoms with Crippen LogP contribution in [0.25, 0.3) is 0 Å². The third kappa shape index (κ3) is 1.82. The third-order valence-corrected chi connectivity index (χ3v) is 2.49. The second-order valence-corrected chi connectivity index (χ2v) is 3.58. The van der Waals surface area contributed by atoms with Crippen LogP contribution in [-0.2, 0) is 6.42 Å². The zero-order valence-corrected chi connectivity index (χ0v) is 7.11. The summed E-state index contributed by atoms with van der Waals surface area (Å²) in [5.74, 6) is 0. The first-order chi connectivity index (χ1) is 4.70. The Kier molecular flexibility index (Phi) is 2.46. The second-order valence-electron chi connectivity index (χ2n) is 2.58. The molecular formula is C8H12OS. The number of aliphatic hydroxyl groups excluding tert-OH is 1. The van der Waals surface area contributed by atoms with Crippen LogP contribution in [0.4, 0.5) is 0 Å². The van der Waals surface area contributed by atoms with Crippen molar-refractivity contribution in [2.75, 3.05) is 0 Å². The molecule has 0 saturated carbocycles. The van der Waals surface area contributed by atoms with Crippen molar-refractivity contribution in [2.45, 2.75) is 26.4 Å². The first kappa shape index (κ1) is 7.76. The summed E-state index contributed by atoms with van der Waals surface area (Å²) in [5.41, 5.74) is 1.30. The van der Waals surface area contributed by atoms with Crippen molar-refractivity contribution in [3.05, 3.63) is 21.9 Å². The molecule has 10 heavy (non-hydrogen) atoms. The van der Waals surface area contributed by atoms with Gasteiger partial charge in [0.25, 0.3) is 0 Å². The highest BCUT2D eigenvalue weighted by molar-refractivity contribution is 7.10. The average molecular weight is 156 g/mol. The lowest BCUT2D eigenvalue weighted by Gasteiger charge is -2.01. The molecule has 0 aliphatic rings. The molecule has 1 heterocycles. The number of hydrogen-bond donors (Lipinski definition) is 1. The Bertz CT molecular complexity index is 203. The van der Waals surface area contributed by atoms with Crippen LogP contribution in [0.15, 0.2) is 11.4 Å². The van der Waals surface area contributed by atoms with E-state index < -0.39 is 0 Å². The van der Waals surface area contributed by atoms with Crippen LogP contribution in [0.5, 0.6) is 0 Å². The van der Waals surface area contributed by atoms with Gasteiger partial charge in [-0.2, -0.15) is 0 Å². The molecule has 0 radical (unpaired) electrons. The number of aryl methyl sites for hydroxylation is 1. The van der Waals surface area contributed by atoms with Crippen molar-refractivity contribution >= 4 is 11.3 Å². The van der Waals surface area contributed by atoms with Gasteiger partial charge in [0.05, 0.1) is 6.10 Å². The number of thiophene rings is 1. The molecule has 0 fully saturated rings. The fraction of sp³-hybridized carbons (Fsp3) is 0.500. The van der Waals surface area contributed by atoms with Gasteiger partial charge in [0.2, 0.25) is 0 Å². The molecule has 0 aliphatic carbocycles. The van der Waals surface area contributed by atoms with E-state index >= 15 is 0 Å². The van der Waals surface area contributed by atoms with Crippen LogP contribution in [0.1, 0.15) is 17.4 Å². The third-order valence-electron chi connectivity index (χ3n) is 1.45. The highest BCUT2D eigenvalue weighted by atomic mass is 32.1. The molecule has 2 heteroatoms. The van der Waals surface area contributed by atoms with E-state index in [1.165, 1.54) is 10.4 Å². The maximum atomic E-state index is 9.06. The monoisotopic (exact) mass is 156 g/mol. The van der Waals surface area contributed by atoms with Gasteiger partial charge < -0.3 is 5.11 Å². The molecule has 1 N–H and O–H groups in total. The Morgan fingerprint density at radius 3 is 2.80 bits per heavy atom. The van der Waals surface area contributed by atoms with E-state index in [1.54, 1.807) is 11.3 Å². The molecule has 0 aliphatic heterocycles. The average Bonchev–Trinajstić information content (AvgIpc) is 2.15. The molecule has 1 aromatic rings. The quantitative estimate of drug-likeness (QED) is 0.694. The van der Waals surface area contributed by atoms with Gasteiger partial charge in [0.1, 0.15) is 0 Å². The Balaban J connectivity index is 2.65. The van der Waals surface area contributed by atoms with Crippen LogP contribution in [0.2, 0.25) is 0 Å². The molecule has 1 atom stereocenters. The Hall–Kier alpha value is -0.340. The minimum atomic E-state index is -0.211. The zero-order chi connectivity index (χ0) is 7.56. The Morgan fingerprint density at radius 2 is 2.40 bits per heavy atom. The normalized spacial score (nSPS) is 13.5. The molecule has 56 valence electrons. The lowest BCUT2D eigenvalue weighted by molar-refractivity contribution is 0.196. The Morgan fingerprint density at radius 1 is 1.70 bits per heavy atom. The predicted molar refractivity (Wildman–Crippen MR) is 44.4 cm³/mol. The lowest BCUT2D eigenvalue weighted by Crippen LogP contribution is -2.03. The van der Waals surface area contributed by atoms with Gasteiger partial charge in [-0.15, -0.1) is 11.3 Å². The molecule has 0 spiro atoms. The summed E-state index contributed by atoms with van der Waals surface area (Å²) in [7, 11) is 0. The maximum Gasteiger partial charge on any atom is 0.0560 e. The van der Waals surface area contributed by atoms with E-state index in [4.69, 9.17) is 5.11 Å². The van der Waals surface area contributed by atoms with Crippen LogP contribution in [-0.4, -0.2) is 11.2 Å². The van der Waals surface area contributed by atoms with Gasteiger partial charge in [0, 0.05) is 11.3 Å². The summed E-state index contributed by atoms with van der Waals surface area (Å²) in [6.45, 7) is 3.90.